The molecule has 0 saturated heterocycles. The minimum absolute atomic E-state index is 0.00398. The van der Waals surface area contributed by atoms with E-state index in [1.165, 1.54) is 19.3 Å². The van der Waals surface area contributed by atoms with Crippen LogP contribution in [-0.2, 0) is 0 Å². The number of nitrogens with zero attached hydrogens (tertiary/aromatic N) is 1. The highest BCUT2D eigenvalue weighted by Crippen LogP contribution is 2.41. The van der Waals surface area contributed by atoms with Gasteiger partial charge in [0.05, 0.1) is 18.2 Å². The Labute approximate surface area is 141 Å². The summed E-state index contributed by atoms with van der Waals surface area (Å²) in [6, 6.07) is -0.177. The average Bonchev–Trinajstić information content (AvgIpc) is 3.27. The number of thiazole rings is 1. The van der Waals surface area contributed by atoms with E-state index in [-0.39, 0.29) is 18.7 Å². The van der Waals surface area contributed by atoms with Crippen LogP contribution in [0.15, 0.2) is 11.6 Å². The number of aliphatic hydroxyl groups is 1. The molecule has 2 unspecified atom stereocenters. The molecule has 2 saturated carbocycles. The zero-order chi connectivity index (χ0) is 16.3. The minimum Gasteiger partial charge on any atom is -0.394 e. The van der Waals surface area contributed by atoms with Crippen LogP contribution in [0.25, 0.3) is 0 Å². The summed E-state index contributed by atoms with van der Waals surface area (Å²) in [6.07, 6.45) is 9.87. The molecule has 0 aliphatic heterocycles. The van der Waals surface area contributed by atoms with E-state index in [2.05, 4.69) is 15.6 Å². The van der Waals surface area contributed by atoms with Crippen molar-refractivity contribution in [3.05, 3.63) is 16.6 Å². The Morgan fingerprint density at radius 2 is 2.13 bits per heavy atom. The summed E-state index contributed by atoms with van der Waals surface area (Å²) in [5.41, 5.74) is -0.540. The fraction of sp³-hybridized carbons (Fsp3) is 0.765. The van der Waals surface area contributed by atoms with Crippen LogP contribution in [0.3, 0.4) is 0 Å². The van der Waals surface area contributed by atoms with Crippen LogP contribution in [0.5, 0.6) is 0 Å². The molecule has 3 rings (SSSR count). The molecule has 1 aromatic heterocycles. The quantitative estimate of drug-likeness (QED) is 0.746. The summed E-state index contributed by atoms with van der Waals surface area (Å²) in [5, 5.41) is 19.0. The van der Waals surface area contributed by atoms with Crippen LogP contribution >= 0.6 is 11.3 Å². The van der Waals surface area contributed by atoms with E-state index in [0.717, 1.165) is 30.7 Å². The van der Waals surface area contributed by atoms with Gasteiger partial charge in [0, 0.05) is 11.6 Å². The number of aliphatic hydroxyl groups excluding tert-OH is 1. The molecule has 1 aromatic rings. The van der Waals surface area contributed by atoms with E-state index in [1.54, 1.807) is 17.5 Å². The highest BCUT2D eigenvalue weighted by molar-refractivity contribution is 7.09. The van der Waals surface area contributed by atoms with Gasteiger partial charge in [0.1, 0.15) is 5.01 Å². The minimum atomic E-state index is -0.540. The number of carbonyl (C=O) groups excluding carboxylic acids is 1. The standard InChI is InChI=1S/C17H27N3O2S/c1-17(11-21,13-5-3-2-4-6-13)20-16(22)19-14(12-7-8-12)15-18-9-10-23-15/h9-10,12-14,21H,2-8,11H2,1H3,(H2,19,20,22). The molecule has 0 radical (unpaired) electrons. The molecule has 2 fully saturated rings. The predicted molar refractivity (Wildman–Crippen MR) is 91.3 cm³/mol. The summed E-state index contributed by atoms with van der Waals surface area (Å²) in [7, 11) is 0. The zero-order valence-corrected chi connectivity index (χ0v) is 14.6. The fourth-order valence-electron chi connectivity index (χ4n) is 3.65. The van der Waals surface area contributed by atoms with Gasteiger partial charge in [-0.3, -0.25) is 0 Å². The second-order valence-corrected chi connectivity index (χ2v) is 8.12. The average molecular weight is 337 g/mol. The van der Waals surface area contributed by atoms with E-state index in [1.807, 2.05) is 12.3 Å². The summed E-state index contributed by atoms with van der Waals surface area (Å²) in [4.78, 5) is 16.9. The third kappa shape index (κ3) is 4.04. The maximum absolute atomic E-state index is 12.5. The van der Waals surface area contributed by atoms with Crippen LogP contribution in [-0.4, -0.2) is 28.3 Å². The number of hydrogen-bond acceptors (Lipinski definition) is 4. The van der Waals surface area contributed by atoms with E-state index in [0.29, 0.717) is 11.8 Å². The Kier molecular flexibility index (Phi) is 5.21. The Bertz CT molecular complexity index is 512. The van der Waals surface area contributed by atoms with Crippen molar-refractivity contribution in [1.29, 1.82) is 0 Å². The molecule has 128 valence electrons. The number of carbonyl (C=O) groups is 1. The lowest BCUT2D eigenvalue weighted by atomic mass is 9.76. The molecular formula is C17H27N3O2S. The zero-order valence-electron chi connectivity index (χ0n) is 13.8. The molecule has 23 heavy (non-hydrogen) atoms. The molecule has 0 bridgehead atoms. The van der Waals surface area contributed by atoms with E-state index in [9.17, 15) is 9.90 Å². The number of amides is 2. The Hall–Kier alpha value is -1.14. The van der Waals surface area contributed by atoms with Gasteiger partial charge in [-0.05, 0) is 44.4 Å². The predicted octanol–water partition coefficient (Wildman–Crippen LogP) is 3.22. The first-order chi connectivity index (χ1) is 11.1. The van der Waals surface area contributed by atoms with E-state index < -0.39 is 5.54 Å². The first-order valence-corrected chi connectivity index (χ1v) is 9.59. The van der Waals surface area contributed by atoms with Gasteiger partial charge in [-0.2, -0.15) is 0 Å². The summed E-state index contributed by atoms with van der Waals surface area (Å²) in [5.74, 6) is 0.855. The molecular weight excluding hydrogens is 310 g/mol. The molecule has 2 aliphatic rings. The Balaban J connectivity index is 1.62. The van der Waals surface area contributed by atoms with Crippen molar-refractivity contribution in [2.24, 2.45) is 11.8 Å². The van der Waals surface area contributed by atoms with Gasteiger partial charge >= 0.3 is 6.03 Å². The second kappa shape index (κ2) is 7.18. The van der Waals surface area contributed by atoms with Gasteiger partial charge in [0.15, 0.2) is 0 Å². The maximum atomic E-state index is 12.5. The maximum Gasteiger partial charge on any atom is 0.315 e. The van der Waals surface area contributed by atoms with Crippen molar-refractivity contribution in [3.63, 3.8) is 0 Å². The number of aromatic nitrogens is 1. The lowest BCUT2D eigenvalue weighted by molar-refractivity contribution is 0.100. The topological polar surface area (TPSA) is 74.2 Å². The van der Waals surface area contributed by atoms with Gasteiger partial charge in [-0.1, -0.05) is 19.3 Å². The molecule has 1 heterocycles. The number of hydrogen-bond donors (Lipinski definition) is 3. The molecule has 5 nitrogen and oxygen atoms in total. The van der Waals surface area contributed by atoms with Crippen molar-refractivity contribution in [3.8, 4) is 0 Å². The Morgan fingerprint density at radius 3 is 2.70 bits per heavy atom. The van der Waals surface area contributed by atoms with Crippen molar-refractivity contribution in [2.75, 3.05) is 6.61 Å². The van der Waals surface area contributed by atoms with Crippen LogP contribution < -0.4 is 10.6 Å². The third-order valence-electron chi connectivity index (χ3n) is 5.33. The second-order valence-electron chi connectivity index (χ2n) is 7.19. The molecule has 2 atom stereocenters. The number of rotatable bonds is 6. The molecule has 3 N–H and O–H groups in total. The van der Waals surface area contributed by atoms with Gasteiger partial charge < -0.3 is 15.7 Å². The van der Waals surface area contributed by atoms with E-state index >= 15 is 0 Å². The monoisotopic (exact) mass is 337 g/mol. The van der Waals surface area contributed by atoms with Crippen LogP contribution in [0.1, 0.15) is 62.9 Å². The fourth-order valence-corrected chi connectivity index (χ4v) is 4.43. The first-order valence-electron chi connectivity index (χ1n) is 8.71. The normalized spacial score (nSPS) is 23.0. The summed E-state index contributed by atoms with van der Waals surface area (Å²) < 4.78 is 0. The Morgan fingerprint density at radius 1 is 1.39 bits per heavy atom. The molecule has 2 aliphatic carbocycles. The molecule has 0 aromatic carbocycles. The van der Waals surface area contributed by atoms with Crippen molar-refractivity contribution in [2.45, 2.75) is 63.5 Å². The highest BCUT2D eigenvalue weighted by Gasteiger charge is 2.39. The smallest absolute Gasteiger partial charge is 0.315 e. The van der Waals surface area contributed by atoms with Crippen molar-refractivity contribution >= 4 is 17.4 Å². The van der Waals surface area contributed by atoms with Gasteiger partial charge in [0.2, 0.25) is 0 Å². The SMILES string of the molecule is CC(CO)(NC(=O)NC(c1nccs1)C1CC1)C1CCCCC1. The summed E-state index contributed by atoms with van der Waals surface area (Å²) in [6.45, 7) is 1.95. The van der Waals surface area contributed by atoms with Crippen LogP contribution in [0, 0.1) is 11.8 Å². The lowest BCUT2D eigenvalue weighted by Crippen LogP contribution is -2.57. The molecule has 0 spiro atoms. The lowest BCUT2D eigenvalue weighted by Gasteiger charge is -2.39. The first kappa shape index (κ1) is 16.7. The van der Waals surface area contributed by atoms with Crippen LogP contribution in [0.2, 0.25) is 0 Å². The van der Waals surface area contributed by atoms with Crippen LogP contribution in [0.4, 0.5) is 4.79 Å². The van der Waals surface area contributed by atoms with Crippen molar-refractivity contribution < 1.29 is 9.90 Å². The number of urea groups is 1. The summed E-state index contributed by atoms with van der Waals surface area (Å²) >= 11 is 1.59. The number of nitrogens with one attached hydrogen (secondary N) is 2. The molecule has 6 heteroatoms. The third-order valence-corrected chi connectivity index (χ3v) is 6.19. The van der Waals surface area contributed by atoms with Gasteiger partial charge in [-0.15, -0.1) is 11.3 Å². The molecule has 2 amide bonds. The van der Waals surface area contributed by atoms with Crippen molar-refractivity contribution in [1.82, 2.24) is 15.6 Å². The largest absolute Gasteiger partial charge is 0.394 e. The van der Waals surface area contributed by atoms with Gasteiger partial charge in [-0.25, -0.2) is 9.78 Å². The van der Waals surface area contributed by atoms with E-state index in [4.69, 9.17) is 0 Å². The van der Waals surface area contributed by atoms with Gasteiger partial charge in [0.25, 0.3) is 0 Å². The highest BCUT2D eigenvalue weighted by atomic mass is 32.1.